The zero-order valence-electron chi connectivity index (χ0n) is 13.5. The number of rotatable bonds is 5. The third-order valence-corrected chi connectivity index (χ3v) is 3.78. The molecule has 0 aliphatic heterocycles. The monoisotopic (exact) mass is 361 g/mol. The van der Waals surface area contributed by atoms with Crippen LogP contribution in [0.1, 0.15) is 11.1 Å². The van der Waals surface area contributed by atoms with E-state index in [0.29, 0.717) is 16.2 Å². The van der Waals surface area contributed by atoms with Gasteiger partial charge in [-0.25, -0.2) is 0 Å². The van der Waals surface area contributed by atoms with Gasteiger partial charge in [0.25, 0.3) is 5.69 Å². The molecular weight excluding hydrogens is 350 g/mol. The normalized spacial score (nSPS) is 10.8. The molecule has 0 aromatic heterocycles. The van der Waals surface area contributed by atoms with Crippen LogP contribution in [-0.2, 0) is 0 Å². The van der Waals surface area contributed by atoms with Gasteiger partial charge in [-0.1, -0.05) is 54.1 Å². The maximum atomic E-state index is 10.8. The first kappa shape index (κ1) is 18.7. The predicted octanol–water partition coefficient (Wildman–Crippen LogP) is 5.23. The molecule has 26 heavy (non-hydrogen) atoms. The van der Waals surface area contributed by atoms with Crippen LogP contribution in [-0.4, -0.2) is 4.92 Å². The number of nitrogens with zero attached hydrogens (tertiary/aromatic N) is 3. The third kappa shape index (κ3) is 4.67. The van der Waals surface area contributed by atoms with Gasteiger partial charge in [-0.15, -0.1) is 0 Å². The van der Waals surface area contributed by atoms with Crippen LogP contribution in [0.3, 0.4) is 0 Å². The second kappa shape index (κ2) is 8.98. The molecule has 2 aromatic rings. The lowest BCUT2D eigenvalue weighted by Gasteiger charge is -2.02. The van der Waals surface area contributed by atoms with E-state index in [-0.39, 0.29) is 11.3 Å². The summed E-state index contributed by atoms with van der Waals surface area (Å²) < 4.78 is 0. The minimum atomic E-state index is -0.513. The first-order valence-electron chi connectivity index (χ1n) is 7.45. The second-order valence-electron chi connectivity index (χ2n) is 5.06. The number of halogens is 1. The predicted molar refractivity (Wildman–Crippen MR) is 101 cm³/mol. The number of allylic oxidation sites excluding steroid dienone is 5. The van der Waals surface area contributed by atoms with Crippen LogP contribution in [0.15, 0.2) is 78.4 Å². The molecule has 0 amide bonds. The molecule has 2 aromatic carbocycles. The quantitative estimate of drug-likeness (QED) is 0.315. The Morgan fingerprint density at radius 1 is 1.00 bits per heavy atom. The Hall–Kier alpha value is -3.67. The molecule has 0 bridgehead atoms. The number of hydrogen-bond donors (Lipinski definition) is 0. The summed E-state index contributed by atoms with van der Waals surface area (Å²) >= 11 is 6.23. The second-order valence-corrected chi connectivity index (χ2v) is 5.46. The van der Waals surface area contributed by atoms with Gasteiger partial charge in [-0.05, 0) is 29.3 Å². The van der Waals surface area contributed by atoms with E-state index in [4.69, 9.17) is 11.6 Å². The molecule has 0 fully saturated rings. The summed E-state index contributed by atoms with van der Waals surface area (Å²) in [5.41, 5.74) is 1.55. The van der Waals surface area contributed by atoms with Crippen LogP contribution in [0.25, 0.3) is 10.6 Å². The van der Waals surface area contributed by atoms with Gasteiger partial charge in [0.2, 0.25) is 0 Å². The van der Waals surface area contributed by atoms with E-state index in [0.717, 1.165) is 5.56 Å². The van der Waals surface area contributed by atoms with Crippen molar-refractivity contribution in [2.24, 2.45) is 0 Å². The summed E-state index contributed by atoms with van der Waals surface area (Å²) in [5, 5.41) is 29.6. The van der Waals surface area contributed by atoms with E-state index >= 15 is 0 Å². The zero-order valence-corrected chi connectivity index (χ0v) is 14.2. The molecule has 0 atom stereocenters. The smallest absolute Gasteiger partial charge is 0.258 e. The minimum Gasteiger partial charge on any atom is -0.258 e. The van der Waals surface area contributed by atoms with Crippen molar-refractivity contribution in [1.29, 1.82) is 10.5 Å². The third-order valence-electron chi connectivity index (χ3n) is 3.44. The topological polar surface area (TPSA) is 90.7 Å². The maximum absolute atomic E-state index is 10.8. The van der Waals surface area contributed by atoms with E-state index in [9.17, 15) is 20.6 Å². The Labute approximate surface area is 155 Å². The number of benzene rings is 2. The summed E-state index contributed by atoms with van der Waals surface area (Å²) in [4.78, 5) is 10.2. The molecule has 0 saturated heterocycles. The van der Waals surface area contributed by atoms with E-state index in [1.165, 1.54) is 24.3 Å². The van der Waals surface area contributed by atoms with Crippen LogP contribution in [0.2, 0.25) is 0 Å². The first-order valence-corrected chi connectivity index (χ1v) is 7.83. The average molecular weight is 362 g/mol. The summed E-state index contributed by atoms with van der Waals surface area (Å²) in [6.45, 7) is 0. The fourth-order valence-corrected chi connectivity index (χ4v) is 2.35. The fourth-order valence-electron chi connectivity index (χ4n) is 2.15. The average Bonchev–Trinajstić information content (AvgIpc) is 2.68. The molecule has 0 saturated carbocycles. The van der Waals surface area contributed by atoms with Gasteiger partial charge in [0, 0.05) is 22.7 Å². The number of hydrogen-bond acceptors (Lipinski definition) is 4. The number of non-ortho nitro benzene ring substituents is 1. The molecule has 0 radical (unpaired) electrons. The molecule has 0 aliphatic carbocycles. The molecule has 6 heteroatoms. The van der Waals surface area contributed by atoms with Crippen LogP contribution < -0.4 is 0 Å². The van der Waals surface area contributed by atoms with Crippen molar-refractivity contribution < 1.29 is 4.92 Å². The van der Waals surface area contributed by atoms with Crippen molar-refractivity contribution in [2.75, 3.05) is 0 Å². The van der Waals surface area contributed by atoms with Gasteiger partial charge in [0.15, 0.2) is 0 Å². The van der Waals surface area contributed by atoms with E-state index in [1.807, 2.05) is 42.5 Å². The summed E-state index contributed by atoms with van der Waals surface area (Å²) in [6, 6.07) is 18.6. The molecule has 0 N–H and O–H groups in total. The minimum absolute atomic E-state index is 0.0698. The highest BCUT2D eigenvalue weighted by molar-refractivity contribution is 6.48. The first-order chi connectivity index (χ1) is 12.6. The summed E-state index contributed by atoms with van der Waals surface area (Å²) in [5.74, 6) is 0. The van der Waals surface area contributed by atoms with E-state index in [2.05, 4.69) is 0 Å². The van der Waals surface area contributed by atoms with Gasteiger partial charge in [-0.2, -0.15) is 10.5 Å². The van der Waals surface area contributed by atoms with Gasteiger partial charge < -0.3 is 0 Å². The molecule has 0 aliphatic rings. The number of nitriles is 2. The van der Waals surface area contributed by atoms with Crippen LogP contribution in [0, 0.1) is 32.8 Å². The zero-order chi connectivity index (χ0) is 18.9. The Bertz CT molecular complexity index is 960. The molecule has 0 heterocycles. The molecule has 2 rings (SSSR count). The summed E-state index contributed by atoms with van der Waals surface area (Å²) in [6.07, 6.45) is 4.85. The van der Waals surface area contributed by atoms with E-state index < -0.39 is 4.92 Å². The van der Waals surface area contributed by atoms with Gasteiger partial charge in [-0.3, -0.25) is 10.1 Å². The standard InChI is InChI=1S/C20H12ClN3O2/c21-20(16-5-2-1-3-6-16)8-4-7-19(17(13-22)14-23)15-9-11-18(12-10-15)24(25)26/h1-12H. The van der Waals surface area contributed by atoms with E-state index in [1.54, 1.807) is 18.2 Å². The molecular formula is C20H12ClN3O2. The molecule has 0 unspecified atom stereocenters. The van der Waals surface area contributed by atoms with Crippen LogP contribution >= 0.6 is 11.6 Å². The van der Waals surface area contributed by atoms with Crippen molar-refractivity contribution in [3.8, 4) is 12.1 Å². The molecule has 0 spiro atoms. The SMILES string of the molecule is N#CC(C#N)=C(C=CC=C(Cl)c1ccccc1)c1ccc([N+](=O)[O-])cc1. The van der Waals surface area contributed by atoms with Gasteiger partial charge in [0.05, 0.1) is 4.92 Å². The lowest BCUT2D eigenvalue weighted by Crippen LogP contribution is -1.90. The Kier molecular flexibility index (Phi) is 6.45. The largest absolute Gasteiger partial charge is 0.269 e. The fraction of sp³-hybridized carbons (Fsp3) is 0. The Morgan fingerprint density at radius 3 is 2.15 bits per heavy atom. The molecule has 5 nitrogen and oxygen atoms in total. The van der Waals surface area contributed by atoms with Gasteiger partial charge in [0.1, 0.15) is 17.7 Å². The highest BCUT2D eigenvalue weighted by Gasteiger charge is 2.09. The summed E-state index contributed by atoms with van der Waals surface area (Å²) in [7, 11) is 0. The van der Waals surface area contributed by atoms with Crippen molar-refractivity contribution in [3.05, 3.63) is 99.6 Å². The van der Waals surface area contributed by atoms with Crippen molar-refractivity contribution in [2.45, 2.75) is 0 Å². The van der Waals surface area contributed by atoms with Crippen LogP contribution in [0.5, 0.6) is 0 Å². The van der Waals surface area contributed by atoms with Crippen molar-refractivity contribution >= 4 is 27.9 Å². The highest BCUT2D eigenvalue weighted by Crippen LogP contribution is 2.24. The number of nitro groups is 1. The van der Waals surface area contributed by atoms with Crippen molar-refractivity contribution in [3.63, 3.8) is 0 Å². The lowest BCUT2D eigenvalue weighted by molar-refractivity contribution is -0.384. The van der Waals surface area contributed by atoms with Crippen LogP contribution in [0.4, 0.5) is 5.69 Å². The number of nitro benzene ring substituents is 1. The highest BCUT2D eigenvalue weighted by atomic mass is 35.5. The Morgan fingerprint density at radius 2 is 1.62 bits per heavy atom. The maximum Gasteiger partial charge on any atom is 0.269 e. The van der Waals surface area contributed by atoms with Gasteiger partial charge >= 0.3 is 0 Å². The Balaban J connectivity index is 2.38. The van der Waals surface area contributed by atoms with Crippen molar-refractivity contribution in [1.82, 2.24) is 0 Å². The molecule has 126 valence electrons. The lowest BCUT2D eigenvalue weighted by atomic mass is 10.00.